The molecule has 6 heteroatoms. The molecule has 0 saturated carbocycles. The molecule has 0 aliphatic heterocycles. The molecule has 3 amide bonds. The van der Waals surface area contributed by atoms with Crippen molar-refractivity contribution >= 4 is 23.6 Å². The van der Waals surface area contributed by atoms with E-state index in [9.17, 15) is 14.4 Å². The van der Waals surface area contributed by atoms with Crippen LogP contribution in [-0.2, 0) is 16.0 Å². The number of nitrogens with one attached hydrogen (secondary N) is 2. The number of carboxylic acids is 1. The molecule has 0 aliphatic carbocycles. The van der Waals surface area contributed by atoms with Crippen LogP contribution in [0, 0.1) is 0 Å². The van der Waals surface area contributed by atoms with Gasteiger partial charge in [-0.25, -0.2) is 9.59 Å². The van der Waals surface area contributed by atoms with Gasteiger partial charge in [-0.05, 0) is 18.1 Å². The summed E-state index contributed by atoms with van der Waals surface area (Å²) >= 11 is 0. The third-order valence-electron chi connectivity index (χ3n) is 2.26. The zero-order chi connectivity index (χ0) is 14.3. The molecule has 1 aromatic rings. The lowest BCUT2D eigenvalue weighted by atomic mass is 10.1. The number of aryl methyl sites for hydroxylation is 1. The largest absolute Gasteiger partial charge is 0.478 e. The maximum Gasteiger partial charge on any atom is 0.328 e. The third kappa shape index (κ3) is 5.03. The van der Waals surface area contributed by atoms with Gasteiger partial charge in [-0.2, -0.15) is 0 Å². The number of aliphatic carboxylic acids is 1. The van der Waals surface area contributed by atoms with E-state index in [4.69, 9.17) is 5.11 Å². The summed E-state index contributed by atoms with van der Waals surface area (Å²) in [6, 6.07) is 6.49. The van der Waals surface area contributed by atoms with Gasteiger partial charge in [-0.15, -0.1) is 0 Å². The smallest absolute Gasteiger partial charge is 0.328 e. The van der Waals surface area contributed by atoms with Crippen molar-refractivity contribution in [1.82, 2.24) is 5.32 Å². The van der Waals surface area contributed by atoms with E-state index in [1.54, 1.807) is 12.1 Å². The average Bonchev–Trinajstić information content (AvgIpc) is 2.37. The van der Waals surface area contributed by atoms with Crippen LogP contribution in [0.5, 0.6) is 0 Å². The molecule has 0 aromatic heterocycles. The number of benzene rings is 1. The van der Waals surface area contributed by atoms with Crippen molar-refractivity contribution in [3.8, 4) is 0 Å². The minimum Gasteiger partial charge on any atom is -0.478 e. The SMILES string of the molecule is CCc1ccccc1NC(=O)NC(=O)/C=C/C(=O)O. The molecule has 1 rings (SSSR count). The Labute approximate surface area is 110 Å². The summed E-state index contributed by atoms with van der Waals surface area (Å²) in [5.74, 6) is -2.05. The van der Waals surface area contributed by atoms with E-state index < -0.39 is 17.9 Å². The zero-order valence-electron chi connectivity index (χ0n) is 10.3. The Hall–Kier alpha value is -2.63. The quantitative estimate of drug-likeness (QED) is 0.717. The molecule has 1 aromatic carbocycles. The molecule has 0 spiro atoms. The minimum atomic E-state index is -1.26. The highest BCUT2D eigenvalue weighted by Gasteiger charge is 2.07. The number of carbonyl (C=O) groups excluding carboxylic acids is 2. The fourth-order valence-corrected chi connectivity index (χ4v) is 1.40. The fourth-order valence-electron chi connectivity index (χ4n) is 1.40. The van der Waals surface area contributed by atoms with E-state index >= 15 is 0 Å². The second-order valence-electron chi connectivity index (χ2n) is 3.63. The standard InChI is InChI=1S/C13H14N2O4/c1-2-9-5-3-4-6-10(9)14-13(19)15-11(16)7-8-12(17)18/h3-8H,2H2,1H3,(H,17,18)(H2,14,15,16,19)/b8-7+. The van der Waals surface area contributed by atoms with Crippen LogP contribution in [0.2, 0.25) is 0 Å². The first kappa shape index (κ1) is 14.4. The monoisotopic (exact) mass is 262 g/mol. The molecule has 6 nitrogen and oxygen atoms in total. The van der Waals surface area contributed by atoms with Gasteiger partial charge in [-0.1, -0.05) is 25.1 Å². The summed E-state index contributed by atoms with van der Waals surface area (Å²) in [6.07, 6.45) is 2.17. The first-order valence-corrected chi connectivity index (χ1v) is 5.63. The third-order valence-corrected chi connectivity index (χ3v) is 2.26. The van der Waals surface area contributed by atoms with E-state index in [0.717, 1.165) is 18.1 Å². The van der Waals surface area contributed by atoms with Crippen LogP contribution in [0.25, 0.3) is 0 Å². The van der Waals surface area contributed by atoms with Gasteiger partial charge >= 0.3 is 12.0 Å². The molecular formula is C13H14N2O4. The van der Waals surface area contributed by atoms with E-state index in [1.165, 1.54) is 0 Å². The first-order chi connectivity index (χ1) is 9.02. The van der Waals surface area contributed by atoms with Gasteiger partial charge in [0.15, 0.2) is 0 Å². The fraction of sp³-hybridized carbons (Fsp3) is 0.154. The predicted octanol–water partition coefficient (Wildman–Crippen LogP) is 1.54. The van der Waals surface area contributed by atoms with E-state index in [0.29, 0.717) is 11.8 Å². The summed E-state index contributed by atoms with van der Waals surface area (Å²) in [6.45, 7) is 1.94. The predicted molar refractivity (Wildman–Crippen MR) is 69.8 cm³/mol. The maximum absolute atomic E-state index is 11.5. The Morgan fingerprint density at radius 3 is 2.53 bits per heavy atom. The number of urea groups is 1. The van der Waals surface area contributed by atoms with Gasteiger partial charge in [0.1, 0.15) is 0 Å². The molecule has 19 heavy (non-hydrogen) atoms. The number of imide groups is 1. The lowest BCUT2D eigenvalue weighted by Crippen LogP contribution is -2.33. The van der Waals surface area contributed by atoms with Gasteiger partial charge in [0.25, 0.3) is 5.91 Å². The molecule has 3 N–H and O–H groups in total. The van der Waals surface area contributed by atoms with Crippen molar-refractivity contribution in [1.29, 1.82) is 0 Å². The van der Waals surface area contributed by atoms with E-state index in [2.05, 4.69) is 5.32 Å². The second kappa shape index (κ2) is 6.95. The molecule has 0 atom stereocenters. The van der Waals surface area contributed by atoms with Crippen LogP contribution in [-0.4, -0.2) is 23.0 Å². The van der Waals surface area contributed by atoms with Gasteiger partial charge in [0.2, 0.25) is 0 Å². The number of rotatable bonds is 4. The second-order valence-corrected chi connectivity index (χ2v) is 3.63. The van der Waals surface area contributed by atoms with Crippen molar-refractivity contribution in [2.45, 2.75) is 13.3 Å². The number of carbonyl (C=O) groups is 3. The normalized spacial score (nSPS) is 10.2. The lowest BCUT2D eigenvalue weighted by Gasteiger charge is -2.09. The summed E-state index contributed by atoms with van der Waals surface area (Å²) < 4.78 is 0. The molecular weight excluding hydrogens is 248 g/mol. The van der Waals surface area contributed by atoms with Crippen LogP contribution in [0.4, 0.5) is 10.5 Å². The number of amides is 3. The van der Waals surface area contributed by atoms with Crippen molar-refractivity contribution in [2.75, 3.05) is 5.32 Å². The lowest BCUT2D eigenvalue weighted by molar-refractivity contribution is -0.131. The highest BCUT2D eigenvalue weighted by molar-refractivity contribution is 6.06. The molecule has 0 heterocycles. The number of anilines is 1. The Morgan fingerprint density at radius 1 is 1.21 bits per heavy atom. The topological polar surface area (TPSA) is 95.5 Å². The van der Waals surface area contributed by atoms with Crippen LogP contribution >= 0.6 is 0 Å². The van der Waals surface area contributed by atoms with Gasteiger partial charge in [0, 0.05) is 17.8 Å². The van der Waals surface area contributed by atoms with Gasteiger partial charge < -0.3 is 10.4 Å². The van der Waals surface area contributed by atoms with Crippen LogP contribution in [0.3, 0.4) is 0 Å². The molecule has 0 saturated heterocycles. The van der Waals surface area contributed by atoms with Crippen molar-refractivity contribution in [2.24, 2.45) is 0 Å². The number of para-hydroxylation sites is 1. The van der Waals surface area contributed by atoms with Crippen molar-refractivity contribution in [3.05, 3.63) is 42.0 Å². The van der Waals surface area contributed by atoms with Crippen molar-refractivity contribution < 1.29 is 19.5 Å². The number of carboxylic acid groups (broad SMARTS) is 1. The van der Waals surface area contributed by atoms with Crippen LogP contribution < -0.4 is 10.6 Å². The Bertz CT molecular complexity index is 523. The molecule has 0 radical (unpaired) electrons. The molecule has 0 unspecified atom stereocenters. The first-order valence-electron chi connectivity index (χ1n) is 5.63. The highest BCUT2D eigenvalue weighted by atomic mass is 16.4. The maximum atomic E-state index is 11.5. The molecule has 0 aliphatic rings. The summed E-state index contributed by atoms with van der Waals surface area (Å²) in [4.78, 5) is 32.9. The van der Waals surface area contributed by atoms with Crippen molar-refractivity contribution in [3.63, 3.8) is 0 Å². The van der Waals surface area contributed by atoms with Gasteiger partial charge in [-0.3, -0.25) is 10.1 Å². The summed E-state index contributed by atoms with van der Waals surface area (Å²) in [5.41, 5.74) is 1.55. The summed E-state index contributed by atoms with van der Waals surface area (Å²) in [5, 5.41) is 12.9. The van der Waals surface area contributed by atoms with Gasteiger partial charge in [0.05, 0.1) is 0 Å². The molecule has 0 bridgehead atoms. The van der Waals surface area contributed by atoms with Crippen LogP contribution in [0.1, 0.15) is 12.5 Å². The van der Waals surface area contributed by atoms with E-state index in [1.807, 2.05) is 24.4 Å². The molecule has 100 valence electrons. The average molecular weight is 262 g/mol. The van der Waals surface area contributed by atoms with E-state index in [-0.39, 0.29) is 0 Å². The Morgan fingerprint density at radius 2 is 1.89 bits per heavy atom. The Balaban J connectivity index is 2.60. The number of hydrogen-bond donors (Lipinski definition) is 3. The number of hydrogen-bond acceptors (Lipinski definition) is 3. The Kier molecular flexibility index (Phi) is 5.28. The highest BCUT2D eigenvalue weighted by Crippen LogP contribution is 2.14. The van der Waals surface area contributed by atoms with Crippen LogP contribution in [0.15, 0.2) is 36.4 Å². The summed E-state index contributed by atoms with van der Waals surface area (Å²) in [7, 11) is 0. The zero-order valence-corrected chi connectivity index (χ0v) is 10.3. The minimum absolute atomic E-state index is 0.609. The molecule has 0 fully saturated rings.